The van der Waals surface area contributed by atoms with Gasteiger partial charge in [-0.05, 0) is 51.5 Å². The molecule has 1 aromatic carbocycles. The molecule has 2 heterocycles. The highest BCUT2D eigenvalue weighted by molar-refractivity contribution is 5.86. The van der Waals surface area contributed by atoms with Gasteiger partial charge in [-0.1, -0.05) is 0 Å². The van der Waals surface area contributed by atoms with Crippen molar-refractivity contribution in [3.05, 3.63) is 40.1 Å². The number of aromatic nitrogens is 1. The zero-order valence-electron chi connectivity index (χ0n) is 11.9. The molecule has 1 aliphatic heterocycles. The fourth-order valence-electron chi connectivity index (χ4n) is 3.10. The molecule has 0 amide bonds. The van der Waals surface area contributed by atoms with E-state index in [4.69, 9.17) is 0 Å². The van der Waals surface area contributed by atoms with Gasteiger partial charge in [0.1, 0.15) is 0 Å². The van der Waals surface area contributed by atoms with E-state index in [0.717, 1.165) is 42.4 Å². The molecule has 0 bridgehead atoms. The lowest BCUT2D eigenvalue weighted by Crippen LogP contribution is -2.31. The van der Waals surface area contributed by atoms with Crippen LogP contribution in [0, 0.1) is 17.0 Å². The van der Waals surface area contributed by atoms with Crippen molar-refractivity contribution in [3.63, 3.8) is 0 Å². The Morgan fingerprint density at radius 1 is 1.30 bits per heavy atom. The summed E-state index contributed by atoms with van der Waals surface area (Å²) in [5, 5.41) is 11.9. The molecule has 0 N–H and O–H groups in total. The molecular formula is C15H19N3O2. The van der Waals surface area contributed by atoms with E-state index in [2.05, 4.69) is 22.7 Å². The Balaban J connectivity index is 2.02. The minimum Gasteiger partial charge on any atom is -0.344 e. The number of likely N-dealkylation sites (tertiary alicyclic amines) is 1. The molecule has 5 heteroatoms. The lowest BCUT2D eigenvalue weighted by atomic mass is 10.1. The van der Waals surface area contributed by atoms with Crippen LogP contribution in [-0.2, 0) is 0 Å². The number of rotatable bonds is 2. The van der Waals surface area contributed by atoms with Crippen molar-refractivity contribution in [1.29, 1.82) is 0 Å². The van der Waals surface area contributed by atoms with E-state index in [1.54, 1.807) is 12.1 Å². The number of hydrogen-bond acceptors (Lipinski definition) is 3. The van der Waals surface area contributed by atoms with Crippen LogP contribution in [-0.4, -0.2) is 34.5 Å². The molecule has 1 aromatic heterocycles. The van der Waals surface area contributed by atoms with Crippen LogP contribution in [0.1, 0.15) is 24.4 Å². The van der Waals surface area contributed by atoms with E-state index < -0.39 is 0 Å². The van der Waals surface area contributed by atoms with Crippen LogP contribution in [0.2, 0.25) is 0 Å². The number of aryl methyl sites for hydroxylation is 1. The smallest absolute Gasteiger partial charge is 0.270 e. The predicted octanol–water partition coefficient (Wildman–Crippen LogP) is 3.12. The summed E-state index contributed by atoms with van der Waals surface area (Å²) >= 11 is 0. The van der Waals surface area contributed by atoms with Crippen molar-refractivity contribution in [2.75, 3.05) is 20.1 Å². The van der Waals surface area contributed by atoms with Gasteiger partial charge in [0.2, 0.25) is 0 Å². The van der Waals surface area contributed by atoms with Crippen molar-refractivity contribution < 1.29 is 4.92 Å². The Hall–Kier alpha value is -1.88. The zero-order chi connectivity index (χ0) is 14.3. The largest absolute Gasteiger partial charge is 0.344 e. The van der Waals surface area contributed by atoms with Gasteiger partial charge in [-0.2, -0.15) is 0 Å². The third-order valence-corrected chi connectivity index (χ3v) is 4.31. The van der Waals surface area contributed by atoms with Crippen LogP contribution < -0.4 is 0 Å². The van der Waals surface area contributed by atoms with E-state index >= 15 is 0 Å². The maximum absolute atomic E-state index is 10.9. The van der Waals surface area contributed by atoms with Gasteiger partial charge in [0.25, 0.3) is 5.69 Å². The first-order valence-electron chi connectivity index (χ1n) is 7.00. The van der Waals surface area contributed by atoms with Crippen LogP contribution in [0.3, 0.4) is 0 Å². The van der Waals surface area contributed by atoms with E-state index in [1.165, 1.54) is 0 Å². The summed E-state index contributed by atoms with van der Waals surface area (Å²) in [6, 6.07) is 5.69. The van der Waals surface area contributed by atoms with Gasteiger partial charge < -0.3 is 9.47 Å². The molecule has 1 aliphatic rings. The minimum absolute atomic E-state index is 0.168. The zero-order valence-corrected chi connectivity index (χ0v) is 11.9. The monoisotopic (exact) mass is 273 g/mol. The average molecular weight is 273 g/mol. The molecule has 2 aromatic rings. The number of benzene rings is 1. The third-order valence-electron chi connectivity index (χ3n) is 4.31. The lowest BCUT2D eigenvalue weighted by molar-refractivity contribution is -0.384. The number of nitrogens with zero attached hydrogens (tertiary/aromatic N) is 3. The molecule has 1 fully saturated rings. The van der Waals surface area contributed by atoms with Crippen LogP contribution in [0.5, 0.6) is 0 Å². The molecule has 0 radical (unpaired) electrons. The van der Waals surface area contributed by atoms with E-state index in [-0.39, 0.29) is 10.6 Å². The highest BCUT2D eigenvalue weighted by atomic mass is 16.6. The Bertz CT molecular complexity index is 654. The fourth-order valence-corrected chi connectivity index (χ4v) is 3.10. The molecule has 5 nitrogen and oxygen atoms in total. The summed E-state index contributed by atoms with van der Waals surface area (Å²) in [7, 11) is 2.15. The molecule has 0 saturated carbocycles. The van der Waals surface area contributed by atoms with Gasteiger partial charge >= 0.3 is 0 Å². The summed E-state index contributed by atoms with van der Waals surface area (Å²) < 4.78 is 2.31. The van der Waals surface area contributed by atoms with Crippen molar-refractivity contribution >= 4 is 16.6 Å². The van der Waals surface area contributed by atoms with Crippen molar-refractivity contribution in [2.24, 2.45) is 0 Å². The quantitative estimate of drug-likeness (QED) is 0.624. The topological polar surface area (TPSA) is 51.3 Å². The summed E-state index contributed by atoms with van der Waals surface area (Å²) in [5.74, 6) is 0. The van der Waals surface area contributed by atoms with Gasteiger partial charge in [0, 0.05) is 35.3 Å². The first kappa shape index (κ1) is 13.1. The van der Waals surface area contributed by atoms with Crippen LogP contribution >= 0.6 is 0 Å². The summed E-state index contributed by atoms with van der Waals surface area (Å²) in [6.07, 6.45) is 4.41. The van der Waals surface area contributed by atoms with Crippen molar-refractivity contribution in [2.45, 2.75) is 25.8 Å². The number of fused-ring (bicyclic) bond motifs is 1. The predicted molar refractivity (Wildman–Crippen MR) is 79.1 cm³/mol. The number of non-ortho nitro benzene ring substituents is 1. The minimum atomic E-state index is -0.328. The Labute approximate surface area is 117 Å². The Morgan fingerprint density at radius 3 is 2.65 bits per heavy atom. The average Bonchev–Trinajstić information content (AvgIpc) is 2.76. The van der Waals surface area contributed by atoms with E-state index in [0.29, 0.717) is 6.04 Å². The van der Waals surface area contributed by atoms with Crippen LogP contribution in [0.25, 0.3) is 10.9 Å². The first-order valence-corrected chi connectivity index (χ1v) is 7.00. The number of piperidine rings is 1. The highest BCUT2D eigenvalue weighted by Gasteiger charge is 2.21. The maximum atomic E-state index is 10.9. The summed E-state index contributed by atoms with van der Waals surface area (Å²) in [5.41, 5.74) is 2.40. The summed E-state index contributed by atoms with van der Waals surface area (Å²) in [6.45, 7) is 4.24. The molecular weight excluding hydrogens is 254 g/mol. The van der Waals surface area contributed by atoms with Crippen molar-refractivity contribution in [3.8, 4) is 0 Å². The lowest BCUT2D eigenvalue weighted by Gasteiger charge is -2.30. The summed E-state index contributed by atoms with van der Waals surface area (Å²) in [4.78, 5) is 12.9. The number of nitro benzene ring substituents is 1. The number of nitro groups is 1. The van der Waals surface area contributed by atoms with E-state index in [9.17, 15) is 10.1 Å². The molecule has 1 saturated heterocycles. The standard InChI is InChI=1S/C15H19N3O2/c1-11-10-17(12-5-7-16(2)8-6-12)15-4-3-13(18(19)20)9-14(11)15/h3-4,9-10,12H,5-8H2,1-2H3. The first-order chi connectivity index (χ1) is 9.56. The van der Waals surface area contributed by atoms with Crippen LogP contribution in [0.15, 0.2) is 24.4 Å². The second-order valence-corrected chi connectivity index (χ2v) is 5.71. The Morgan fingerprint density at radius 2 is 2.00 bits per heavy atom. The van der Waals surface area contributed by atoms with Gasteiger partial charge in [-0.3, -0.25) is 10.1 Å². The SMILES string of the molecule is Cc1cn(C2CCN(C)CC2)c2ccc([N+](=O)[O-])cc12. The van der Waals surface area contributed by atoms with E-state index in [1.807, 2.05) is 13.0 Å². The Kier molecular flexibility index (Phi) is 3.22. The molecule has 0 atom stereocenters. The maximum Gasteiger partial charge on any atom is 0.270 e. The molecule has 0 aliphatic carbocycles. The molecule has 20 heavy (non-hydrogen) atoms. The van der Waals surface area contributed by atoms with Gasteiger partial charge in [0.15, 0.2) is 0 Å². The van der Waals surface area contributed by atoms with Gasteiger partial charge in [-0.25, -0.2) is 0 Å². The van der Waals surface area contributed by atoms with Crippen molar-refractivity contribution in [1.82, 2.24) is 9.47 Å². The molecule has 106 valence electrons. The molecule has 0 spiro atoms. The normalized spacial score (nSPS) is 17.7. The second-order valence-electron chi connectivity index (χ2n) is 5.71. The molecule has 0 unspecified atom stereocenters. The number of hydrogen-bond donors (Lipinski definition) is 0. The molecule has 3 rings (SSSR count). The second kappa shape index (κ2) is 4.90. The highest BCUT2D eigenvalue weighted by Crippen LogP contribution is 2.31. The van der Waals surface area contributed by atoms with Crippen LogP contribution in [0.4, 0.5) is 5.69 Å². The van der Waals surface area contributed by atoms with Gasteiger partial charge in [0.05, 0.1) is 4.92 Å². The van der Waals surface area contributed by atoms with Gasteiger partial charge in [-0.15, -0.1) is 0 Å². The fraction of sp³-hybridized carbons (Fsp3) is 0.467. The third kappa shape index (κ3) is 2.18.